The maximum atomic E-state index is 6.16. The van der Waals surface area contributed by atoms with Crippen LogP contribution in [0.15, 0.2) is 42.6 Å². The summed E-state index contributed by atoms with van der Waals surface area (Å²) in [6, 6.07) is 11.7. The van der Waals surface area contributed by atoms with Crippen molar-refractivity contribution in [2.24, 2.45) is 7.05 Å². The van der Waals surface area contributed by atoms with Crippen molar-refractivity contribution < 1.29 is 0 Å². The molecule has 0 aliphatic heterocycles. The molecular weight excluding hydrogens is 293 g/mol. The molecule has 3 aromatic rings. The molecule has 102 valence electrons. The largest absolute Gasteiger partial charge is 0.381 e. The van der Waals surface area contributed by atoms with E-state index in [1.807, 2.05) is 42.2 Å². The molecule has 3 rings (SSSR count). The Balaban J connectivity index is 1.81. The maximum absolute atomic E-state index is 6.16. The van der Waals surface area contributed by atoms with Crippen molar-refractivity contribution in [2.45, 2.75) is 6.54 Å². The van der Waals surface area contributed by atoms with Gasteiger partial charge in [0, 0.05) is 34.7 Å². The minimum Gasteiger partial charge on any atom is -0.381 e. The van der Waals surface area contributed by atoms with Gasteiger partial charge in [-0.2, -0.15) is 5.10 Å². The molecule has 0 aliphatic rings. The minimum absolute atomic E-state index is 0.648. The predicted octanol–water partition coefficient (Wildman–Crippen LogP) is 4.49. The summed E-state index contributed by atoms with van der Waals surface area (Å²) in [4.78, 5) is 0. The lowest BCUT2D eigenvalue weighted by Crippen LogP contribution is -2.00. The number of hydrogen-bond donors (Lipinski definition) is 1. The van der Waals surface area contributed by atoms with Crippen molar-refractivity contribution in [3.05, 3.63) is 58.2 Å². The van der Waals surface area contributed by atoms with Gasteiger partial charge < -0.3 is 5.32 Å². The molecule has 0 bridgehead atoms. The number of fused-ring (bicyclic) bond motifs is 1. The van der Waals surface area contributed by atoms with E-state index < -0.39 is 0 Å². The lowest BCUT2D eigenvalue weighted by atomic mass is 10.2. The van der Waals surface area contributed by atoms with E-state index in [1.54, 1.807) is 6.07 Å². The lowest BCUT2D eigenvalue weighted by Gasteiger charge is -2.09. The fourth-order valence-corrected chi connectivity index (χ4v) is 2.59. The van der Waals surface area contributed by atoms with Gasteiger partial charge in [-0.05, 0) is 35.9 Å². The van der Waals surface area contributed by atoms with Crippen molar-refractivity contribution in [2.75, 3.05) is 5.32 Å². The van der Waals surface area contributed by atoms with Crippen LogP contribution >= 0.6 is 23.2 Å². The van der Waals surface area contributed by atoms with Crippen molar-refractivity contribution in [1.82, 2.24) is 9.78 Å². The fourth-order valence-electron chi connectivity index (χ4n) is 2.12. The summed E-state index contributed by atoms with van der Waals surface area (Å²) >= 11 is 12.0. The monoisotopic (exact) mass is 305 g/mol. The molecule has 5 heteroatoms. The van der Waals surface area contributed by atoms with E-state index in [4.69, 9.17) is 23.2 Å². The third-order valence-corrected chi connectivity index (χ3v) is 3.83. The molecule has 0 amide bonds. The second kappa shape index (κ2) is 5.35. The van der Waals surface area contributed by atoms with Crippen molar-refractivity contribution in [3.63, 3.8) is 0 Å². The van der Waals surface area contributed by atoms with E-state index in [0.29, 0.717) is 16.6 Å². The summed E-state index contributed by atoms with van der Waals surface area (Å²) < 4.78 is 1.86. The number of rotatable bonds is 3. The van der Waals surface area contributed by atoms with Crippen LogP contribution in [0.25, 0.3) is 10.9 Å². The molecule has 3 nitrogen and oxygen atoms in total. The van der Waals surface area contributed by atoms with Crippen LogP contribution in [0.4, 0.5) is 5.69 Å². The molecule has 0 radical (unpaired) electrons. The molecule has 1 aromatic heterocycles. The van der Waals surface area contributed by atoms with Crippen LogP contribution in [0.5, 0.6) is 0 Å². The number of aromatic nitrogens is 2. The molecule has 0 aliphatic carbocycles. The smallest absolute Gasteiger partial charge is 0.0699 e. The first-order valence-corrected chi connectivity index (χ1v) is 6.98. The number of benzene rings is 2. The second-order valence-corrected chi connectivity index (χ2v) is 5.47. The van der Waals surface area contributed by atoms with Gasteiger partial charge in [0.15, 0.2) is 0 Å². The number of nitrogens with one attached hydrogen (secondary N) is 1. The Labute approximate surface area is 127 Å². The first-order valence-electron chi connectivity index (χ1n) is 6.23. The average molecular weight is 306 g/mol. The van der Waals surface area contributed by atoms with Crippen molar-refractivity contribution in [1.29, 1.82) is 0 Å². The van der Waals surface area contributed by atoms with Gasteiger partial charge >= 0.3 is 0 Å². The second-order valence-electron chi connectivity index (χ2n) is 4.63. The standard InChI is InChI=1S/C15H13Cl2N3/c1-20-15-7-13(5-3-11(15)9-19-20)18-8-10-2-4-12(16)6-14(10)17/h2-7,9,18H,8H2,1H3. The van der Waals surface area contributed by atoms with Crippen LogP contribution < -0.4 is 5.32 Å². The minimum atomic E-state index is 0.648. The molecule has 0 spiro atoms. The zero-order valence-corrected chi connectivity index (χ0v) is 12.4. The highest BCUT2D eigenvalue weighted by molar-refractivity contribution is 6.35. The van der Waals surface area contributed by atoms with Crippen LogP contribution in [0.3, 0.4) is 0 Å². The molecule has 0 unspecified atom stereocenters. The Kier molecular flexibility index (Phi) is 3.55. The molecule has 0 atom stereocenters. The molecule has 0 saturated heterocycles. The average Bonchev–Trinajstić information content (AvgIpc) is 2.79. The van der Waals surface area contributed by atoms with E-state index >= 15 is 0 Å². The Hall–Kier alpha value is -1.71. The summed E-state index contributed by atoms with van der Waals surface area (Å²) in [6.45, 7) is 0.652. The summed E-state index contributed by atoms with van der Waals surface area (Å²) in [5, 5.41) is 10.0. The number of halogens is 2. The highest BCUT2D eigenvalue weighted by Crippen LogP contribution is 2.23. The number of anilines is 1. The summed E-state index contributed by atoms with van der Waals surface area (Å²) in [5.41, 5.74) is 3.14. The zero-order valence-electron chi connectivity index (χ0n) is 10.9. The molecule has 0 fully saturated rings. The molecule has 2 aromatic carbocycles. The Morgan fingerprint density at radius 2 is 2.00 bits per heavy atom. The van der Waals surface area contributed by atoms with Crippen LogP contribution in [0.1, 0.15) is 5.56 Å². The van der Waals surface area contributed by atoms with E-state index in [1.165, 1.54) is 0 Å². The topological polar surface area (TPSA) is 29.9 Å². The van der Waals surface area contributed by atoms with Crippen molar-refractivity contribution in [3.8, 4) is 0 Å². The molecule has 1 heterocycles. The van der Waals surface area contributed by atoms with Gasteiger partial charge in [-0.15, -0.1) is 0 Å². The number of hydrogen-bond acceptors (Lipinski definition) is 2. The summed E-state index contributed by atoms with van der Waals surface area (Å²) in [5.74, 6) is 0. The highest BCUT2D eigenvalue weighted by Gasteiger charge is 2.03. The van der Waals surface area contributed by atoms with Crippen LogP contribution in [0, 0.1) is 0 Å². The lowest BCUT2D eigenvalue weighted by molar-refractivity contribution is 0.797. The molecule has 20 heavy (non-hydrogen) atoms. The summed E-state index contributed by atoms with van der Waals surface area (Å²) in [7, 11) is 1.93. The van der Waals surface area contributed by atoms with E-state index in [9.17, 15) is 0 Å². The van der Waals surface area contributed by atoms with Gasteiger partial charge in [0.25, 0.3) is 0 Å². The number of aryl methyl sites for hydroxylation is 1. The maximum Gasteiger partial charge on any atom is 0.0699 e. The SMILES string of the molecule is Cn1ncc2ccc(NCc3ccc(Cl)cc3Cl)cc21. The first-order chi connectivity index (χ1) is 9.63. The molecule has 0 saturated carbocycles. The van der Waals surface area contributed by atoms with E-state index in [-0.39, 0.29) is 0 Å². The Morgan fingerprint density at radius 1 is 1.15 bits per heavy atom. The zero-order chi connectivity index (χ0) is 14.1. The first kappa shape index (κ1) is 13.3. The summed E-state index contributed by atoms with van der Waals surface area (Å²) in [6.07, 6.45) is 1.86. The molecule has 1 N–H and O–H groups in total. The van der Waals surface area contributed by atoms with Crippen molar-refractivity contribution >= 4 is 39.8 Å². The van der Waals surface area contributed by atoms with E-state index in [2.05, 4.69) is 16.5 Å². The van der Waals surface area contributed by atoms with Gasteiger partial charge in [0.1, 0.15) is 0 Å². The van der Waals surface area contributed by atoms with E-state index in [0.717, 1.165) is 22.2 Å². The van der Waals surface area contributed by atoms with Gasteiger partial charge in [-0.1, -0.05) is 29.3 Å². The molecular formula is C15H13Cl2N3. The quantitative estimate of drug-likeness (QED) is 0.772. The van der Waals surface area contributed by atoms with Crippen LogP contribution in [-0.4, -0.2) is 9.78 Å². The predicted molar refractivity (Wildman–Crippen MR) is 84.5 cm³/mol. The van der Waals surface area contributed by atoms with Gasteiger partial charge in [-0.25, -0.2) is 0 Å². The van der Waals surface area contributed by atoms with Gasteiger partial charge in [-0.3, -0.25) is 4.68 Å². The Bertz CT molecular complexity index is 765. The third-order valence-electron chi connectivity index (χ3n) is 3.25. The van der Waals surface area contributed by atoms with Gasteiger partial charge in [0.2, 0.25) is 0 Å². The highest BCUT2D eigenvalue weighted by atomic mass is 35.5. The normalized spacial score (nSPS) is 10.9. The van der Waals surface area contributed by atoms with Crippen LogP contribution in [-0.2, 0) is 13.6 Å². The van der Waals surface area contributed by atoms with Gasteiger partial charge in [0.05, 0.1) is 11.7 Å². The van der Waals surface area contributed by atoms with Crippen LogP contribution in [0.2, 0.25) is 10.0 Å². The Morgan fingerprint density at radius 3 is 2.80 bits per heavy atom. The fraction of sp³-hybridized carbons (Fsp3) is 0.133. The third kappa shape index (κ3) is 2.60. The number of nitrogens with zero attached hydrogens (tertiary/aromatic N) is 2.